The van der Waals surface area contributed by atoms with Crippen molar-refractivity contribution in [2.24, 2.45) is 5.41 Å². The minimum absolute atomic E-state index is 0.242. The molecule has 0 aromatic heterocycles. The maximum Gasteiger partial charge on any atom is 0.127 e. The van der Waals surface area contributed by atoms with E-state index in [4.69, 9.17) is 4.74 Å². The van der Waals surface area contributed by atoms with Gasteiger partial charge in [0.15, 0.2) is 0 Å². The fraction of sp³-hybridized carbons (Fsp3) is 0.562. The van der Waals surface area contributed by atoms with Crippen LogP contribution < -0.4 is 4.74 Å². The Morgan fingerprint density at radius 2 is 2.21 bits per heavy atom. The van der Waals surface area contributed by atoms with Gasteiger partial charge in [0.1, 0.15) is 18.6 Å². The molecule has 1 unspecified atom stereocenters. The van der Waals surface area contributed by atoms with Crippen LogP contribution in [0.2, 0.25) is 0 Å². The molecule has 2 rings (SSSR count). The molecule has 104 valence electrons. The van der Waals surface area contributed by atoms with Gasteiger partial charge >= 0.3 is 0 Å². The van der Waals surface area contributed by atoms with E-state index in [0.29, 0.717) is 6.61 Å². The van der Waals surface area contributed by atoms with Gasteiger partial charge in [-0.2, -0.15) is 0 Å². The zero-order valence-corrected chi connectivity index (χ0v) is 11.9. The first kappa shape index (κ1) is 14.1. The van der Waals surface area contributed by atoms with E-state index in [9.17, 15) is 4.79 Å². The number of hydrogen-bond acceptors (Lipinski definition) is 3. The largest absolute Gasteiger partial charge is 0.492 e. The summed E-state index contributed by atoms with van der Waals surface area (Å²) in [6.07, 6.45) is 3.10. The summed E-state index contributed by atoms with van der Waals surface area (Å²) >= 11 is 0. The standard InChI is InChI=1S/C16H23NO2/c1-3-8-16(2,13-18)12-17-9-10-19-15-7-5-4-6-14(15)11-17/h4-7,13H,3,8-12H2,1-2H3. The predicted molar refractivity (Wildman–Crippen MR) is 76.3 cm³/mol. The molecule has 0 radical (unpaired) electrons. The first-order valence-electron chi connectivity index (χ1n) is 7.06. The lowest BCUT2D eigenvalue weighted by molar-refractivity contribution is -0.117. The van der Waals surface area contributed by atoms with E-state index in [1.807, 2.05) is 18.2 Å². The number of aldehydes is 1. The number of carbonyl (C=O) groups excluding carboxylic acids is 1. The Hall–Kier alpha value is -1.35. The molecule has 0 spiro atoms. The Kier molecular flexibility index (Phi) is 4.59. The van der Waals surface area contributed by atoms with Gasteiger partial charge in [0.2, 0.25) is 0 Å². The molecule has 1 aromatic carbocycles. The first-order chi connectivity index (χ1) is 9.17. The van der Waals surface area contributed by atoms with Crippen molar-refractivity contribution in [3.05, 3.63) is 29.8 Å². The molecule has 1 aliphatic heterocycles. The van der Waals surface area contributed by atoms with Gasteiger partial charge in [0.25, 0.3) is 0 Å². The summed E-state index contributed by atoms with van der Waals surface area (Å²) in [6, 6.07) is 8.16. The van der Waals surface area contributed by atoms with Crippen molar-refractivity contribution in [1.82, 2.24) is 4.90 Å². The smallest absolute Gasteiger partial charge is 0.127 e. The van der Waals surface area contributed by atoms with Crippen LogP contribution in [0, 0.1) is 5.41 Å². The third-order valence-electron chi connectivity index (χ3n) is 3.72. The van der Waals surface area contributed by atoms with Gasteiger partial charge in [-0.3, -0.25) is 4.90 Å². The molecule has 1 heterocycles. The van der Waals surface area contributed by atoms with Crippen LogP contribution in [0.1, 0.15) is 32.3 Å². The summed E-state index contributed by atoms with van der Waals surface area (Å²) < 4.78 is 5.76. The fourth-order valence-corrected chi connectivity index (χ4v) is 2.77. The lowest BCUT2D eigenvalue weighted by Gasteiger charge is -2.30. The van der Waals surface area contributed by atoms with Gasteiger partial charge < -0.3 is 9.53 Å². The summed E-state index contributed by atoms with van der Waals surface area (Å²) in [6.45, 7) is 7.43. The van der Waals surface area contributed by atoms with E-state index in [1.165, 1.54) is 5.56 Å². The Labute approximate surface area is 115 Å². The SMILES string of the molecule is CCCC(C)(C=O)CN1CCOc2ccccc2C1. The highest BCUT2D eigenvalue weighted by Crippen LogP contribution is 2.27. The second-order valence-corrected chi connectivity index (χ2v) is 5.69. The Morgan fingerprint density at radius 1 is 1.42 bits per heavy atom. The van der Waals surface area contributed by atoms with Gasteiger partial charge in [-0.05, 0) is 12.5 Å². The van der Waals surface area contributed by atoms with Crippen LogP contribution in [0.3, 0.4) is 0 Å². The van der Waals surface area contributed by atoms with Crippen molar-refractivity contribution in [3.63, 3.8) is 0 Å². The topological polar surface area (TPSA) is 29.5 Å². The maximum atomic E-state index is 11.4. The van der Waals surface area contributed by atoms with Crippen LogP contribution in [0.5, 0.6) is 5.75 Å². The van der Waals surface area contributed by atoms with E-state index in [1.54, 1.807) is 0 Å². The number of hydrogen-bond donors (Lipinski definition) is 0. The van der Waals surface area contributed by atoms with Crippen molar-refractivity contribution < 1.29 is 9.53 Å². The Balaban J connectivity index is 2.08. The average molecular weight is 261 g/mol. The third-order valence-corrected chi connectivity index (χ3v) is 3.72. The molecular formula is C16H23NO2. The molecule has 0 amide bonds. The van der Waals surface area contributed by atoms with Gasteiger partial charge in [-0.15, -0.1) is 0 Å². The highest BCUT2D eigenvalue weighted by atomic mass is 16.5. The summed E-state index contributed by atoms with van der Waals surface area (Å²) in [4.78, 5) is 13.7. The van der Waals surface area contributed by atoms with Gasteiger partial charge in [-0.25, -0.2) is 0 Å². The lowest BCUT2D eigenvalue weighted by Crippen LogP contribution is -2.37. The summed E-state index contributed by atoms with van der Waals surface area (Å²) in [5, 5.41) is 0. The Morgan fingerprint density at radius 3 is 2.95 bits per heavy atom. The normalized spacial score (nSPS) is 18.8. The van der Waals surface area contributed by atoms with E-state index >= 15 is 0 Å². The number of fused-ring (bicyclic) bond motifs is 1. The monoisotopic (exact) mass is 261 g/mol. The number of ether oxygens (including phenoxy) is 1. The van der Waals surface area contributed by atoms with Crippen molar-refractivity contribution in [2.75, 3.05) is 19.7 Å². The van der Waals surface area contributed by atoms with Crippen LogP contribution in [0.25, 0.3) is 0 Å². The van der Waals surface area contributed by atoms with E-state index in [2.05, 4.69) is 24.8 Å². The summed E-state index contributed by atoms with van der Waals surface area (Å²) in [5.41, 5.74) is 0.971. The zero-order valence-electron chi connectivity index (χ0n) is 11.9. The molecule has 1 atom stereocenters. The highest BCUT2D eigenvalue weighted by Gasteiger charge is 2.27. The van der Waals surface area contributed by atoms with Crippen LogP contribution in [-0.2, 0) is 11.3 Å². The number of nitrogens with zero attached hydrogens (tertiary/aromatic N) is 1. The van der Waals surface area contributed by atoms with Crippen molar-refractivity contribution >= 4 is 6.29 Å². The molecule has 3 nitrogen and oxygen atoms in total. The van der Waals surface area contributed by atoms with Crippen molar-refractivity contribution in [3.8, 4) is 5.75 Å². The lowest BCUT2D eigenvalue weighted by atomic mass is 9.86. The molecule has 0 saturated heterocycles. The quantitative estimate of drug-likeness (QED) is 0.763. The van der Waals surface area contributed by atoms with Crippen LogP contribution >= 0.6 is 0 Å². The van der Waals surface area contributed by atoms with Crippen LogP contribution in [-0.4, -0.2) is 30.9 Å². The minimum Gasteiger partial charge on any atom is -0.492 e. The van der Waals surface area contributed by atoms with E-state index < -0.39 is 0 Å². The molecule has 1 aromatic rings. The number of rotatable bonds is 5. The second kappa shape index (κ2) is 6.20. The maximum absolute atomic E-state index is 11.4. The zero-order chi connectivity index (χ0) is 13.7. The van der Waals surface area contributed by atoms with Crippen LogP contribution in [0.15, 0.2) is 24.3 Å². The fourth-order valence-electron chi connectivity index (χ4n) is 2.77. The summed E-state index contributed by atoms with van der Waals surface area (Å²) in [5.74, 6) is 0.980. The number of benzene rings is 1. The molecule has 0 aliphatic carbocycles. The average Bonchev–Trinajstić information content (AvgIpc) is 2.60. The predicted octanol–water partition coefficient (Wildman–Crippen LogP) is 2.89. The van der Waals surface area contributed by atoms with E-state index in [-0.39, 0.29) is 5.41 Å². The summed E-state index contributed by atoms with van der Waals surface area (Å²) in [7, 11) is 0. The van der Waals surface area contributed by atoms with E-state index in [0.717, 1.165) is 44.5 Å². The first-order valence-corrected chi connectivity index (χ1v) is 7.06. The molecule has 0 N–H and O–H groups in total. The molecule has 1 aliphatic rings. The van der Waals surface area contributed by atoms with Crippen LogP contribution in [0.4, 0.5) is 0 Å². The highest BCUT2D eigenvalue weighted by molar-refractivity contribution is 5.59. The Bertz CT molecular complexity index is 433. The van der Waals surface area contributed by atoms with Gasteiger partial charge in [0, 0.05) is 30.6 Å². The third kappa shape index (κ3) is 3.57. The molecular weight excluding hydrogens is 238 g/mol. The molecule has 19 heavy (non-hydrogen) atoms. The molecule has 0 fully saturated rings. The number of carbonyl (C=O) groups is 1. The molecule has 3 heteroatoms. The minimum atomic E-state index is -0.242. The second-order valence-electron chi connectivity index (χ2n) is 5.69. The molecule has 0 bridgehead atoms. The van der Waals surface area contributed by atoms with Crippen molar-refractivity contribution in [2.45, 2.75) is 33.2 Å². The number of para-hydroxylation sites is 1. The van der Waals surface area contributed by atoms with Gasteiger partial charge in [0.05, 0.1) is 0 Å². The van der Waals surface area contributed by atoms with Gasteiger partial charge in [-0.1, -0.05) is 38.5 Å². The van der Waals surface area contributed by atoms with Crippen molar-refractivity contribution in [1.29, 1.82) is 0 Å². The molecule has 0 saturated carbocycles.